The molecule has 0 bridgehead atoms. The molecular formula is C17H15N3O4S. The number of nitro groups is 1. The van der Waals surface area contributed by atoms with Crippen molar-refractivity contribution in [2.45, 2.75) is 10.9 Å². The molecule has 1 heterocycles. The molecule has 0 N–H and O–H groups in total. The molecule has 0 saturated carbocycles. The first-order valence-corrected chi connectivity index (χ1v) is 8.39. The Labute approximate surface area is 147 Å². The molecule has 0 fully saturated rings. The minimum Gasteiger partial charge on any atom is -0.490 e. The fourth-order valence-electron chi connectivity index (χ4n) is 2.44. The molecule has 3 aromatic rings. The second kappa shape index (κ2) is 6.94. The first-order valence-electron chi connectivity index (χ1n) is 7.41. The molecule has 8 heteroatoms. The van der Waals surface area contributed by atoms with Crippen LogP contribution in [0.2, 0.25) is 0 Å². The van der Waals surface area contributed by atoms with Gasteiger partial charge in [-0.25, -0.2) is 4.98 Å². The smallest absolute Gasteiger partial charge is 0.311 e. The van der Waals surface area contributed by atoms with Crippen LogP contribution in [0.3, 0.4) is 0 Å². The Morgan fingerprint density at radius 3 is 2.76 bits per heavy atom. The highest BCUT2D eigenvalue weighted by Crippen LogP contribution is 2.30. The number of rotatable bonds is 5. The van der Waals surface area contributed by atoms with Crippen LogP contribution >= 0.6 is 11.8 Å². The van der Waals surface area contributed by atoms with Crippen molar-refractivity contribution in [3.05, 3.63) is 68.5 Å². The molecule has 1 aromatic heterocycles. The van der Waals surface area contributed by atoms with Crippen LogP contribution in [-0.2, 0) is 12.8 Å². The van der Waals surface area contributed by atoms with Gasteiger partial charge in [-0.05, 0) is 23.8 Å². The van der Waals surface area contributed by atoms with E-state index in [1.807, 2.05) is 6.07 Å². The predicted octanol–water partition coefficient (Wildman–Crippen LogP) is 3.14. The van der Waals surface area contributed by atoms with Gasteiger partial charge in [-0.2, -0.15) is 0 Å². The first kappa shape index (κ1) is 17.0. The summed E-state index contributed by atoms with van der Waals surface area (Å²) in [5, 5.41) is 12.2. The molecule has 0 aliphatic carbocycles. The van der Waals surface area contributed by atoms with Crippen LogP contribution in [-0.4, -0.2) is 21.6 Å². The monoisotopic (exact) mass is 357 g/mol. The summed E-state index contributed by atoms with van der Waals surface area (Å²) < 4.78 is 6.49. The number of ether oxygens (including phenoxy) is 1. The van der Waals surface area contributed by atoms with Crippen molar-refractivity contribution >= 4 is 28.4 Å². The van der Waals surface area contributed by atoms with Gasteiger partial charge in [0.25, 0.3) is 5.56 Å². The van der Waals surface area contributed by atoms with E-state index >= 15 is 0 Å². The zero-order valence-electron chi connectivity index (χ0n) is 13.6. The number of thioether (sulfide) groups is 1. The Balaban J connectivity index is 1.91. The first-order chi connectivity index (χ1) is 12.0. The Morgan fingerprint density at radius 2 is 2.04 bits per heavy atom. The van der Waals surface area contributed by atoms with E-state index in [0.29, 0.717) is 21.8 Å². The van der Waals surface area contributed by atoms with Gasteiger partial charge in [0.2, 0.25) is 0 Å². The number of para-hydroxylation sites is 1. The Bertz CT molecular complexity index is 1020. The van der Waals surface area contributed by atoms with E-state index in [2.05, 4.69) is 4.98 Å². The molecule has 2 aromatic carbocycles. The zero-order chi connectivity index (χ0) is 18.0. The van der Waals surface area contributed by atoms with Gasteiger partial charge >= 0.3 is 5.69 Å². The average Bonchev–Trinajstić information content (AvgIpc) is 2.63. The summed E-state index contributed by atoms with van der Waals surface area (Å²) >= 11 is 1.35. The molecule has 0 unspecified atom stereocenters. The normalized spacial score (nSPS) is 10.8. The summed E-state index contributed by atoms with van der Waals surface area (Å²) in [5.41, 5.74) is 1.18. The van der Waals surface area contributed by atoms with Crippen molar-refractivity contribution in [3.8, 4) is 5.75 Å². The molecule has 0 saturated heterocycles. The van der Waals surface area contributed by atoms with E-state index in [4.69, 9.17) is 4.74 Å². The Morgan fingerprint density at radius 1 is 1.28 bits per heavy atom. The molecule has 128 valence electrons. The minimum atomic E-state index is -0.475. The van der Waals surface area contributed by atoms with Crippen molar-refractivity contribution in [2.75, 3.05) is 7.11 Å². The SMILES string of the molecule is COc1ccc(CSc2nc3ccccc3c(=O)n2C)cc1[N+](=O)[O-]. The van der Waals surface area contributed by atoms with Crippen molar-refractivity contribution in [3.63, 3.8) is 0 Å². The van der Waals surface area contributed by atoms with E-state index in [1.54, 1.807) is 37.4 Å². The van der Waals surface area contributed by atoms with E-state index < -0.39 is 4.92 Å². The summed E-state index contributed by atoms with van der Waals surface area (Å²) in [6, 6.07) is 12.0. The van der Waals surface area contributed by atoms with Gasteiger partial charge in [0.15, 0.2) is 10.9 Å². The van der Waals surface area contributed by atoms with Crippen molar-refractivity contribution in [1.82, 2.24) is 9.55 Å². The number of nitrogens with zero attached hydrogens (tertiary/aromatic N) is 3. The lowest BCUT2D eigenvalue weighted by molar-refractivity contribution is -0.385. The third-order valence-corrected chi connectivity index (χ3v) is 4.85. The molecule has 3 rings (SSSR count). The predicted molar refractivity (Wildman–Crippen MR) is 96.2 cm³/mol. The average molecular weight is 357 g/mol. The van der Waals surface area contributed by atoms with E-state index in [0.717, 1.165) is 5.56 Å². The fraction of sp³-hybridized carbons (Fsp3) is 0.176. The summed E-state index contributed by atoms with van der Waals surface area (Å²) in [6.07, 6.45) is 0. The second-order valence-corrected chi connectivity index (χ2v) is 6.27. The van der Waals surface area contributed by atoms with Crippen LogP contribution in [0.4, 0.5) is 5.69 Å². The third kappa shape index (κ3) is 3.34. The number of benzene rings is 2. The third-order valence-electron chi connectivity index (χ3n) is 3.75. The maximum Gasteiger partial charge on any atom is 0.311 e. The standard InChI is InChI=1S/C17H15N3O4S/c1-19-16(21)12-5-3-4-6-13(12)18-17(19)25-10-11-7-8-15(24-2)14(9-11)20(22)23/h3-9H,10H2,1-2H3. The summed E-state index contributed by atoms with van der Waals surface area (Å²) in [4.78, 5) is 27.5. The summed E-state index contributed by atoms with van der Waals surface area (Å²) in [5.74, 6) is 0.665. The lowest BCUT2D eigenvalue weighted by Gasteiger charge is -2.09. The lowest BCUT2D eigenvalue weighted by Crippen LogP contribution is -2.19. The molecule has 0 atom stereocenters. The molecule has 0 aliphatic heterocycles. The summed E-state index contributed by atoms with van der Waals surface area (Å²) in [7, 11) is 3.06. The summed E-state index contributed by atoms with van der Waals surface area (Å²) in [6.45, 7) is 0. The molecule has 0 spiro atoms. The van der Waals surface area contributed by atoms with Crippen molar-refractivity contribution < 1.29 is 9.66 Å². The van der Waals surface area contributed by atoms with Crippen LogP contribution in [0, 0.1) is 10.1 Å². The topological polar surface area (TPSA) is 87.3 Å². The quantitative estimate of drug-likeness (QED) is 0.302. The number of nitro benzene ring substituents is 1. The van der Waals surface area contributed by atoms with Gasteiger partial charge in [-0.1, -0.05) is 30.0 Å². The van der Waals surface area contributed by atoms with Gasteiger partial charge in [0, 0.05) is 18.9 Å². The highest BCUT2D eigenvalue weighted by molar-refractivity contribution is 7.98. The number of aromatic nitrogens is 2. The second-order valence-electron chi connectivity index (χ2n) is 5.33. The molecule has 0 amide bonds. The van der Waals surface area contributed by atoms with Crippen LogP contribution in [0.25, 0.3) is 10.9 Å². The maximum absolute atomic E-state index is 12.4. The highest BCUT2D eigenvalue weighted by atomic mass is 32.2. The van der Waals surface area contributed by atoms with Crippen LogP contribution < -0.4 is 10.3 Å². The van der Waals surface area contributed by atoms with Gasteiger partial charge in [0.1, 0.15) is 0 Å². The largest absolute Gasteiger partial charge is 0.490 e. The van der Waals surface area contributed by atoms with Crippen molar-refractivity contribution in [1.29, 1.82) is 0 Å². The number of hydrogen-bond acceptors (Lipinski definition) is 6. The molecule has 0 aliphatic rings. The maximum atomic E-state index is 12.4. The van der Waals surface area contributed by atoms with Gasteiger partial charge in [-0.15, -0.1) is 0 Å². The number of hydrogen-bond donors (Lipinski definition) is 0. The van der Waals surface area contributed by atoms with E-state index in [9.17, 15) is 14.9 Å². The van der Waals surface area contributed by atoms with E-state index in [-0.39, 0.29) is 17.0 Å². The fourth-order valence-corrected chi connectivity index (χ4v) is 3.36. The Kier molecular flexibility index (Phi) is 4.71. The van der Waals surface area contributed by atoms with Crippen LogP contribution in [0.15, 0.2) is 52.4 Å². The van der Waals surface area contributed by atoms with Crippen LogP contribution in [0.1, 0.15) is 5.56 Å². The number of fused-ring (bicyclic) bond motifs is 1. The van der Waals surface area contributed by atoms with Crippen molar-refractivity contribution in [2.24, 2.45) is 7.05 Å². The highest BCUT2D eigenvalue weighted by Gasteiger charge is 2.16. The minimum absolute atomic E-state index is 0.0824. The lowest BCUT2D eigenvalue weighted by atomic mass is 10.2. The zero-order valence-corrected chi connectivity index (χ0v) is 14.4. The van der Waals surface area contributed by atoms with Gasteiger partial charge in [-0.3, -0.25) is 19.5 Å². The van der Waals surface area contributed by atoms with Gasteiger partial charge in [0.05, 0.1) is 22.9 Å². The van der Waals surface area contributed by atoms with Gasteiger partial charge < -0.3 is 4.74 Å². The number of methoxy groups -OCH3 is 1. The Hall–Kier alpha value is -2.87. The van der Waals surface area contributed by atoms with E-state index in [1.165, 1.54) is 29.5 Å². The molecule has 25 heavy (non-hydrogen) atoms. The molecule has 7 nitrogen and oxygen atoms in total. The molecular weight excluding hydrogens is 342 g/mol. The van der Waals surface area contributed by atoms with Crippen LogP contribution in [0.5, 0.6) is 5.75 Å². The molecule has 0 radical (unpaired) electrons.